The second-order valence-electron chi connectivity index (χ2n) is 22.6. The van der Waals surface area contributed by atoms with Crippen LogP contribution in [0.2, 0.25) is 10.0 Å². The maximum Gasteiger partial charge on any atom is 0.332 e. The fraction of sp³-hybridized carbons (Fsp3) is 0.485. The summed E-state index contributed by atoms with van der Waals surface area (Å²) < 4.78 is 44.3. The number of carbonyl (C=O) groups excluding carboxylic acids is 3. The molecule has 1 atom stereocenters. The average Bonchev–Trinajstić information content (AvgIpc) is 1.58. The Hall–Kier alpha value is -7.44. The molecule has 10 rings (SSSR count). The van der Waals surface area contributed by atoms with Gasteiger partial charge in [-0.05, 0) is 87.2 Å². The minimum atomic E-state index is -0.532. The second kappa shape index (κ2) is 32.9. The van der Waals surface area contributed by atoms with E-state index in [-0.39, 0.29) is 67.5 Å². The number of amides is 3. The van der Waals surface area contributed by atoms with Crippen molar-refractivity contribution in [3.8, 4) is 22.7 Å². The van der Waals surface area contributed by atoms with E-state index in [9.17, 15) is 24.0 Å². The Bertz CT molecular complexity index is 3900. The zero-order valence-electron chi connectivity index (χ0n) is 52.5. The molecule has 0 spiro atoms. The highest BCUT2D eigenvalue weighted by molar-refractivity contribution is 7.12. The van der Waals surface area contributed by atoms with Gasteiger partial charge in [-0.2, -0.15) is 4.98 Å². The summed E-state index contributed by atoms with van der Waals surface area (Å²) in [5.74, 6) is 6.83. The number of nitrogens with one attached hydrogen (secondary N) is 1. The first-order valence-electron chi connectivity index (χ1n) is 31.2. The van der Waals surface area contributed by atoms with Crippen LogP contribution in [0.15, 0.2) is 81.7 Å². The summed E-state index contributed by atoms with van der Waals surface area (Å²) in [6, 6.07) is 21.2. The van der Waals surface area contributed by atoms with Crippen LogP contribution in [0.25, 0.3) is 22.1 Å². The van der Waals surface area contributed by atoms with Crippen LogP contribution >= 0.6 is 34.5 Å². The van der Waals surface area contributed by atoms with Crippen molar-refractivity contribution in [2.45, 2.75) is 84.0 Å². The summed E-state index contributed by atoms with van der Waals surface area (Å²) in [5.41, 5.74) is 4.08. The van der Waals surface area contributed by atoms with Crippen LogP contribution in [0.4, 0.5) is 17.3 Å². The van der Waals surface area contributed by atoms with Gasteiger partial charge in [-0.25, -0.2) is 14.8 Å². The molecule has 23 nitrogen and oxygen atoms in total. The summed E-state index contributed by atoms with van der Waals surface area (Å²) in [5, 5.41) is 7.03. The van der Waals surface area contributed by atoms with E-state index in [2.05, 4.69) is 38.1 Å². The molecular weight excluding hydrogens is 1240 g/mol. The molecule has 0 unspecified atom stereocenters. The lowest BCUT2D eigenvalue weighted by atomic mass is 10.1. The lowest BCUT2D eigenvalue weighted by molar-refractivity contribution is -0.130. The molecule has 6 heterocycles. The Morgan fingerprint density at radius 2 is 1.43 bits per heavy atom. The van der Waals surface area contributed by atoms with Crippen molar-refractivity contribution in [1.82, 2.24) is 38.9 Å². The number of halogens is 2. The van der Waals surface area contributed by atoms with Crippen LogP contribution in [-0.4, -0.2) is 182 Å². The highest BCUT2D eigenvalue weighted by atomic mass is 35.5. The first-order valence-corrected chi connectivity index (χ1v) is 32.9. The molecule has 3 aliphatic rings. The average molecular weight is 1320 g/mol. The zero-order chi connectivity index (χ0) is 64.5. The fourth-order valence-electron chi connectivity index (χ4n) is 11.2. The zero-order valence-corrected chi connectivity index (χ0v) is 54.8. The van der Waals surface area contributed by atoms with Gasteiger partial charge in [0.2, 0.25) is 17.8 Å². The third-order valence-corrected chi connectivity index (χ3v) is 17.7. The van der Waals surface area contributed by atoms with E-state index in [4.69, 9.17) is 61.3 Å². The summed E-state index contributed by atoms with van der Waals surface area (Å²) in [6.45, 7) is 10.9. The van der Waals surface area contributed by atoms with E-state index in [1.165, 1.54) is 28.7 Å². The highest BCUT2D eigenvalue weighted by Crippen LogP contribution is 2.43. The van der Waals surface area contributed by atoms with Crippen LogP contribution in [0.1, 0.15) is 72.9 Å². The number of rotatable bonds is 33. The number of aryl methyl sites for hydroxylation is 3. The fourth-order valence-corrected chi connectivity index (χ4v) is 12.5. The van der Waals surface area contributed by atoms with E-state index < -0.39 is 11.2 Å². The molecule has 3 aromatic carbocycles. The van der Waals surface area contributed by atoms with E-state index in [1.807, 2.05) is 64.6 Å². The summed E-state index contributed by atoms with van der Waals surface area (Å²) in [6.07, 6.45) is 4.67. The van der Waals surface area contributed by atoms with Gasteiger partial charge in [-0.3, -0.25) is 32.9 Å². The van der Waals surface area contributed by atoms with Crippen molar-refractivity contribution in [3.63, 3.8) is 0 Å². The first kappa shape index (κ1) is 67.4. The highest BCUT2D eigenvalue weighted by Gasteiger charge is 2.37. The Balaban J connectivity index is 0.530. The van der Waals surface area contributed by atoms with E-state index in [1.54, 1.807) is 48.7 Å². The first-order chi connectivity index (χ1) is 44.8. The molecule has 92 heavy (non-hydrogen) atoms. The Labute approximate surface area is 548 Å². The number of piperidine rings is 1. The predicted molar refractivity (Wildman–Crippen MR) is 354 cm³/mol. The number of para-hydroxylation sites is 3. The van der Waals surface area contributed by atoms with Gasteiger partial charge < -0.3 is 58.1 Å². The topological polar surface area (TPSA) is 228 Å². The smallest absolute Gasteiger partial charge is 0.332 e. The maximum atomic E-state index is 14.2. The standard InChI is InChI=1S/C66H79Cl2N11O12S/c1-5-6-24-78-60-61(74(4)66(84)79(63(60)83)44-57-69-45(2)49-13-7-8-14-53(49)71-57)72-65(78)75-23-11-12-47(43-75)70-58(80)21-28-85-30-32-87-34-36-89-38-39-90-37-35-88-33-31-86-29-27-73(3)59(81)20-17-46-41-52(68)56(42-51(46)67)91-64-50(22-40-92-64)62(82)77-26-25-76(48-18-19-48)54-15-9-10-16-55(54)77/h7-10,13-16,22,40-42,47-48H,11-12,17-21,23-39,43-44H2,1-4H3,(H,70,80)/t47-/m0/s1. The normalized spacial score (nSPS) is 14.8. The quantitative estimate of drug-likeness (QED) is 0.0307. The van der Waals surface area contributed by atoms with Crippen molar-refractivity contribution in [2.75, 3.05) is 134 Å². The number of aromatic nitrogens is 6. The number of fused-ring (bicyclic) bond motifs is 3. The number of likely N-dealkylation sites (N-methyl/N-ethyl adjacent to an activating group) is 1. The molecular formula is C66H79Cl2N11O12S. The molecule has 2 fully saturated rings. The molecule has 3 amide bonds. The van der Waals surface area contributed by atoms with Gasteiger partial charge in [0.1, 0.15) is 11.6 Å². The Kier molecular flexibility index (Phi) is 24.1. The van der Waals surface area contributed by atoms with Crippen molar-refractivity contribution >= 4 is 91.7 Å². The van der Waals surface area contributed by atoms with E-state index in [0.717, 1.165) is 51.9 Å². The number of benzene rings is 3. The van der Waals surface area contributed by atoms with Gasteiger partial charge in [0, 0.05) is 93.9 Å². The van der Waals surface area contributed by atoms with Gasteiger partial charge in [-0.15, -0.1) is 17.3 Å². The summed E-state index contributed by atoms with van der Waals surface area (Å²) >= 11 is 14.7. The maximum absolute atomic E-state index is 14.2. The molecule has 0 radical (unpaired) electrons. The van der Waals surface area contributed by atoms with Gasteiger partial charge >= 0.3 is 5.69 Å². The molecule has 1 N–H and O–H groups in total. The van der Waals surface area contributed by atoms with Gasteiger partial charge in [-0.1, -0.05) is 59.5 Å². The SMILES string of the molecule is CC#CCn1c(N2CCC[C@H](NC(=O)CCOCCOCCOCCOCCOCCOCCN(C)C(=O)CCc3cc(Cl)c(Oc4sccc4C(=O)N4CCN(C5CC5)c5ccccc54)cc3Cl)C2)nc2c1c(=O)n(Cc1nc(C)c3ccccc3n1)c(=O)n2C. The van der Waals surface area contributed by atoms with Gasteiger partial charge in [0.25, 0.3) is 11.5 Å². The predicted octanol–water partition coefficient (Wildman–Crippen LogP) is 7.68. The number of hydrogen-bond acceptors (Lipinski definition) is 18. The summed E-state index contributed by atoms with van der Waals surface area (Å²) in [4.78, 5) is 90.0. The molecule has 2 aliphatic heterocycles. The van der Waals surface area contributed by atoms with Crippen molar-refractivity contribution in [3.05, 3.63) is 126 Å². The molecule has 4 aromatic heterocycles. The van der Waals surface area contributed by atoms with Crippen LogP contribution in [-0.2, 0) is 64.6 Å². The van der Waals surface area contributed by atoms with E-state index >= 15 is 0 Å². The third kappa shape index (κ3) is 17.2. The van der Waals surface area contributed by atoms with Crippen molar-refractivity contribution in [2.24, 2.45) is 7.05 Å². The number of hydrogen-bond donors (Lipinski definition) is 1. The molecule has 0 bridgehead atoms. The monoisotopic (exact) mass is 1320 g/mol. The third-order valence-electron chi connectivity index (χ3n) is 16.2. The number of imidazole rings is 1. The van der Waals surface area contributed by atoms with Crippen LogP contribution in [0.5, 0.6) is 10.8 Å². The lowest BCUT2D eigenvalue weighted by Crippen LogP contribution is -2.48. The molecule has 26 heteroatoms. The number of ether oxygens (including phenoxy) is 7. The number of anilines is 3. The second-order valence-corrected chi connectivity index (χ2v) is 24.3. The molecule has 1 saturated heterocycles. The molecule has 1 saturated carbocycles. The molecule has 490 valence electrons. The Morgan fingerprint density at radius 1 is 0.761 bits per heavy atom. The van der Waals surface area contributed by atoms with Crippen LogP contribution < -0.4 is 36.0 Å². The minimum Gasteiger partial charge on any atom is -0.444 e. The van der Waals surface area contributed by atoms with E-state index in [0.29, 0.717) is 155 Å². The minimum absolute atomic E-state index is 0.0648. The van der Waals surface area contributed by atoms with Crippen molar-refractivity contribution < 1.29 is 47.5 Å². The molecule has 7 aromatic rings. The van der Waals surface area contributed by atoms with Crippen molar-refractivity contribution in [1.29, 1.82) is 0 Å². The largest absolute Gasteiger partial charge is 0.444 e. The van der Waals surface area contributed by atoms with Crippen LogP contribution in [0, 0.1) is 18.8 Å². The number of nitrogens with zero attached hydrogens (tertiary/aromatic N) is 10. The summed E-state index contributed by atoms with van der Waals surface area (Å²) in [7, 11) is 3.33. The molecule has 1 aliphatic carbocycles. The lowest BCUT2D eigenvalue weighted by Gasteiger charge is -2.38. The van der Waals surface area contributed by atoms with Gasteiger partial charge in [0.05, 0.1) is 120 Å². The number of carbonyl (C=O) groups is 3. The van der Waals surface area contributed by atoms with Crippen LogP contribution in [0.3, 0.4) is 0 Å². The Morgan fingerprint density at radius 3 is 2.14 bits per heavy atom. The van der Waals surface area contributed by atoms with Gasteiger partial charge in [0.15, 0.2) is 16.2 Å². The number of thiophene rings is 1.